The van der Waals surface area contributed by atoms with Gasteiger partial charge in [-0.3, -0.25) is 4.79 Å². The van der Waals surface area contributed by atoms with Gasteiger partial charge in [0.15, 0.2) is 0 Å². The molecule has 1 unspecified atom stereocenters. The molecule has 3 nitrogen and oxygen atoms in total. The Hall–Kier alpha value is -1.55. The van der Waals surface area contributed by atoms with Gasteiger partial charge in [0, 0.05) is 23.7 Å². The summed E-state index contributed by atoms with van der Waals surface area (Å²) < 4.78 is 0. The van der Waals surface area contributed by atoms with E-state index in [0.29, 0.717) is 12.5 Å². The molecule has 1 fully saturated rings. The number of nitrogens with two attached hydrogens (primary N) is 1. The largest absolute Gasteiger partial charge is 0.338 e. The number of piperidine rings is 1. The van der Waals surface area contributed by atoms with E-state index in [9.17, 15) is 4.79 Å². The fourth-order valence-electron chi connectivity index (χ4n) is 3.64. The Kier molecular flexibility index (Phi) is 7.51. The molecule has 1 aliphatic rings. The molecule has 3 rings (SSSR count). The number of carbonyl (C=O) groups is 1. The lowest BCUT2D eigenvalue weighted by molar-refractivity contribution is 0.0669. The van der Waals surface area contributed by atoms with E-state index in [-0.39, 0.29) is 18.3 Å². The van der Waals surface area contributed by atoms with Crippen LogP contribution in [0.1, 0.15) is 35.2 Å². The lowest BCUT2D eigenvalue weighted by Crippen LogP contribution is -2.40. The van der Waals surface area contributed by atoms with E-state index in [1.165, 1.54) is 6.42 Å². The molecule has 2 aromatic carbocycles. The highest BCUT2D eigenvalue weighted by Crippen LogP contribution is 2.29. The van der Waals surface area contributed by atoms with Gasteiger partial charge in [-0.2, -0.15) is 0 Å². The van der Waals surface area contributed by atoms with Crippen molar-refractivity contribution in [3.8, 4) is 11.1 Å². The van der Waals surface area contributed by atoms with Crippen LogP contribution in [0.5, 0.6) is 0 Å². The first-order valence-electron chi connectivity index (χ1n) is 8.95. The summed E-state index contributed by atoms with van der Waals surface area (Å²) >= 11 is 6.25. The van der Waals surface area contributed by atoms with Crippen molar-refractivity contribution in [2.75, 3.05) is 19.6 Å². The second-order valence-electron chi connectivity index (χ2n) is 6.83. The molecule has 26 heavy (non-hydrogen) atoms. The van der Waals surface area contributed by atoms with Gasteiger partial charge in [0.2, 0.25) is 0 Å². The standard InChI is InChI=1S/C21H25ClN2O.ClH/c1-15-19(8-3-9-20(15)22)17-6-2-7-18(13-17)21(25)24-12-4-5-16(14-24)10-11-23;/h2-3,6-9,13,16H,4-5,10-12,14,23H2,1H3;1H. The van der Waals surface area contributed by atoms with Crippen molar-refractivity contribution in [3.63, 3.8) is 0 Å². The molecule has 140 valence electrons. The van der Waals surface area contributed by atoms with Crippen molar-refractivity contribution < 1.29 is 4.79 Å². The van der Waals surface area contributed by atoms with Gasteiger partial charge in [-0.25, -0.2) is 0 Å². The van der Waals surface area contributed by atoms with E-state index in [2.05, 4.69) is 0 Å². The normalized spacial score (nSPS) is 16.9. The Morgan fingerprint density at radius 2 is 2.04 bits per heavy atom. The number of carbonyl (C=O) groups excluding carboxylic acids is 1. The van der Waals surface area contributed by atoms with E-state index in [1.807, 2.05) is 54.3 Å². The predicted molar refractivity (Wildman–Crippen MR) is 111 cm³/mol. The molecule has 0 aromatic heterocycles. The minimum atomic E-state index is 0. The zero-order chi connectivity index (χ0) is 17.8. The van der Waals surface area contributed by atoms with Gasteiger partial charge >= 0.3 is 0 Å². The fourth-order valence-corrected chi connectivity index (χ4v) is 3.82. The van der Waals surface area contributed by atoms with Gasteiger partial charge in [0.05, 0.1) is 0 Å². The minimum Gasteiger partial charge on any atom is -0.338 e. The first-order chi connectivity index (χ1) is 12.1. The van der Waals surface area contributed by atoms with Crippen LogP contribution in [0.25, 0.3) is 11.1 Å². The summed E-state index contributed by atoms with van der Waals surface area (Å²) in [4.78, 5) is 14.9. The van der Waals surface area contributed by atoms with Gasteiger partial charge in [-0.1, -0.05) is 35.9 Å². The second kappa shape index (κ2) is 9.40. The number of likely N-dealkylation sites (tertiary alicyclic amines) is 1. The van der Waals surface area contributed by atoms with Crippen LogP contribution in [0.15, 0.2) is 42.5 Å². The Morgan fingerprint density at radius 1 is 1.27 bits per heavy atom. The van der Waals surface area contributed by atoms with Crippen LogP contribution in [0.2, 0.25) is 5.02 Å². The molecular weight excluding hydrogens is 367 g/mol. The number of nitrogens with zero attached hydrogens (tertiary/aromatic N) is 1. The molecule has 0 radical (unpaired) electrons. The predicted octanol–water partition coefficient (Wildman–Crippen LogP) is 4.94. The summed E-state index contributed by atoms with van der Waals surface area (Å²) in [6.45, 7) is 4.35. The SMILES string of the molecule is Cc1c(Cl)cccc1-c1cccc(C(=O)N2CCCC(CCN)C2)c1.Cl. The van der Waals surface area contributed by atoms with Gasteiger partial charge < -0.3 is 10.6 Å². The van der Waals surface area contributed by atoms with Crippen molar-refractivity contribution >= 4 is 29.9 Å². The zero-order valence-electron chi connectivity index (χ0n) is 15.1. The van der Waals surface area contributed by atoms with Gasteiger partial charge in [-0.05, 0) is 73.5 Å². The van der Waals surface area contributed by atoms with Crippen molar-refractivity contribution in [1.29, 1.82) is 0 Å². The van der Waals surface area contributed by atoms with E-state index in [1.54, 1.807) is 0 Å². The van der Waals surface area contributed by atoms with E-state index < -0.39 is 0 Å². The van der Waals surface area contributed by atoms with Crippen molar-refractivity contribution in [2.24, 2.45) is 11.7 Å². The Labute approximate surface area is 166 Å². The number of rotatable bonds is 4. The van der Waals surface area contributed by atoms with Crippen LogP contribution < -0.4 is 5.73 Å². The Balaban J connectivity index is 0.00000243. The minimum absolute atomic E-state index is 0. The number of hydrogen-bond donors (Lipinski definition) is 1. The van der Waals surface area contributed by atoms with Crippen LogP contribution in [0.3, 0.4) is 0 Å². The number of benzene rings is 2. The van der Waals surface area contributed by atoms with Crippen molar-refractivity contribution in [2.45, 2.75) is 26.2 Å². The number of amides is 1. The molecule has 1 aliphatic heterocycles. The summed E-state index contributed by atoms with van der Waals surface area (Å²) in [5.41, 5.74) is 9.57. The second-order valence-corrected chi connectivity index (χ2v) is 7.24. The fraction of sp³-hybridized carbons (Fsp3) is 0.381. The smallest absolute Gasteiger partial charge is 0.253 e. The highest BCUT2D eigenvalue weighted by molar-refractivity contribution is 6.31. The molecular formula is C21H26Cl2N2O. The van der Waals surface area contributed by atoms with Crippen LogP contribution in [0, 0.1) is 12.8 Å². The summed E-state index contributed by atoms with van der Waals surface area (Å²) in [6.07, 6.45) is 3.22. The molecule has 1 amide bonds. The summed E-state index contributed by atoms with van der Waals surface area (Å²) in [6, 6.07) is 13.7. The maximum absolute atomic E-state index is 13.0. The molecule has 2 N–H and O–H groups in total. The highest BCUT2D eigenvalue weighted by atomic mass is 35.5. The van der Waals surface area contributed by atoms with Gasteiger partial charge in [0.1, 0.15) is 0 Å². The topological polar surface area (TPSA) is 46.3 Å². The lowest BCUT2D eigenvalue weighted by atomic mass is 9.94. The van der Waals surface area contributed by atoms with Crippen molar-refractivity contribution in [3.05, 3.63) is 58.6 Å². The molecule has 5 heteroatoms. The summed E-state index contributed by atoms with van der Waals surface area (Å²) in [7, 11) is 0. The highest BCUT2D eigenvalue weighted by Gasteiger charge is 2.24. The van der Waals surface area contributed by atoms with Crippen LogP contribution >= 0.6 is 24.0 Å². The molecule has 1 atom stereocenters. The maximum atomic E-state index is 13.0. The van der Waals surface area contributed by atoms with E-state index >= 15 is 0 Å². The molecule has 1 heterocycles. The van der Waals surface area contributed by atoms with Crippen LogP contribution in [0.4, 0.5) is 0 Å². The van der Waals surface area contributed by atoms with E-state index in [4.69, 9.17) is 17.3 Å². The van der Waals surface area contributed by atoms with Crippen LogP contribution in [-0.4, -0.2) is 30.4 Å². The lowest BCUT2D eigenvalue weighted by Gasteiger charge is -2.32. The number of halogens is 2. The molecule has 0 saturated carbocycles. The third kappa shape index (κ3) is 4.59. The summed E-state index contributed by atoms with van der Waals surface area (Å²) in [5, 5.41) is 0.745. The molecule has 1 saturated heterocycles. The zero-order valence-corrected chi connectivity index (χ0v) is 16.7. The molecule has 0 bridgehead atoms. The average molecular weight is 393 g/mol. The van der Waals surface area contributed by atoms with Gasteiger partial charge in [-0.15, -0.1) is 12.4 Å². The third-order valence-corrected chi connectivity index (χ3v) is 5.48. The monoisotopic (exact) mass is 392 g/mol. The molecule has 0 aliphatic carbocycles. The molecule has 0 spiro atoms. The first-order valence-corrected chi connectivity index (χ1v) is 9.33. The number of hydrogen-bond acceptors (Lipinski definition) is 2. The Bertz CT molecular complexity index is 761. The third-order valence-electron chi connectivity index (χ3n) is 5.07. The quantitative estimate of drug-likeness (QED) is 0.800. The average Bonchev–Trinajstić information content (AvgIpc) is 2.64. The van der Waals surface area contributed by atoms with Gasteiger partial charge in [0.25, 0.3) is 5.91 Å². The summed E-state index contributed by atoms with van der Waals surface area (Å²) in [5.74, 6) is 0.643. The molecule has 2 aromatic rings. The first kappa shape index (κ1) is 20.8. The van der Waals surface area contributed by atoms with Crippen LogP contribution in [-0.2, 0) is 0 Å². The Morgan fingerprint density at radius 3 is 2.81 bits per heavy atom. The van der Waals surface area contributed by atoms with E-state index in [0.717, 1.165) is 53.2 Å². The van der Waals surface area contributed by atoms with Crippen molar-refractivity contribution in [1.82, 2.24) is 4.90 Å². The maximum Gasteiger partial charge on any atom is 0.253 e.